The third-order valence-electron chi connectivity index (χ3n) is 0. The fourth-order valence-corrected chi connectivity index (χ4v) is 0. The van der Waals surface area contributed by atoms with Gasteiger partial charge in [-0.05, 0) is 10.9 Å². The predicted molar refractivity (Wildman–Crippen MR) is 12.9 cm³/mol. The van der Waals surface area contributed by atoms with Crippen molar-refractivity contribution in [1.29, 1.82) is 0 Å². The first-order valence-corrected chi connectivity index (χ1v) is 1.71. The third kappa shape index (κ3) is 102. The second kappa shape index (κ2) is 4.53. The molecule has 0 aromatic rings. The summed E-state index contributed by atoms with van der Waals surface area (Å²) in [7, 11) is -2.36. The van der Waals surface area contributed by atoms with Crippen LogP contribution in [0.1, 0.15) is 0 Å². The molecule has 0 aromatic carbocycles. The molecule has 2 N–H and O–H groups in total. The average molecular weight is 145 g/mol. The van der Waals surface area contributed by atoms with Crippen LogP contribution in [-0.2, 0) is 38.8 Å². The standard InChI is InChI=1S/H2NO2S.Zn/c1-4(2)3;/h(H2,1,2,3);/q-1;. The Bertz CT molecular complexity index is 58.0. The van der Waals surface area contributed by atoms with Crippen LogP contribution < -0.4 is 5.14 Å². The van der Waals surface area contributed by atoms with E-state index >= 15 is 0 Å². The van der Waals surface area contributed by atoms with Gasteiger partial charge in [0, 0.05) is 19.5 Å². The van der Waals surface area contributed by atoms with E-state index in [2.05, 4.69) is 5.14 Å². The zero-order valence-corrected chi connectivity index (χ0v) is 6.29. The molecule has 5 heavy (non-hydrogen) atoms. The summed E-state index contributed by atoms with van der Waals surface area (Å²) in [5, 5.41) is 4.03. The van der Waals surface area contributed by atoms with E-state index in [-0.39, 0.29) is 19.5 Å². The van der Waals surface area contributed by atoms with Gasteiger partial charge < -0.3 is 13.6 Å². The quantitative estimate of drug-likeness (QED) is 0.357. The van der Waals surface area contributed by atoms with Crippen LogP contribution in [0.3, 0.4) is 0 Å². The van der Waals surface area contributed by atoms with Crippen LogP contribution >= 0.6 is 0 Å². The predicted octanol–water partition coefficient (Wildman–Crippen LogP) is -0.833. The normalized spacial score (nSPS) is 6.80. The van der Waals surface area contributed by atoms with E-state index in [1.54, 1.807) is 0 Å². The van der Waals surface area contributed by atoms with E-state index in [0.717, 1.165) is 0 Å². The van der Waals surface area contributed by atoms with Crippen LogP contribution in [0.5, 0.6) is 0 Å². The second-order valence-corrected chi connectivity index (χ2v) is 0.781. The molecule has 0 atom stereocenters. The number of rotatable bonds is 0. The Hall–Kier alpha value is 0.533. The van der Waals surface area contributed by atoms with Crippen molar-refractivity contribution >= 4 is 10.9 Å². The van der Waals surface area contributed by atoms with Gasteiger partial charge in [0.2, 0.25) is 0 Å². The SMILES string of the molecule is N[S-](=O)=O.[Zn]. The Morgan fingerprint density at radius 1 is 1.40 bits per heavy atom. The smallest absolute Gasteiger partial charge is 0 e. The van der Waals surface area contributed by atoms with Gasteiger partial charge >= 0.3 is 0 Å². The molecule has 5 heteroatoms. The summed E-state index contributed by atoms with van der Waals surface area (Å²) >= 11 is 0. The first-order valence-electron chi connectivity index (χ1n) is 0.569. The summed E-state index contributed by atoms with van der Waals surface area (Å²) in [6, 6.07) is 0. The van der Waals surface area contributed by atoms with Crippen molar-refractivity contribution in [3.8, 4) is 0 Å². The summed E-state index contributed by atoms with van der Waals surface area (Å²) in [5.74, 6) is 0. The zero-order chi connectivity index (χ0) is 3.58. The van der Waals surface area contributed by atoms with E-state index in [9.17, 15) is 0 Å². The molecule has 0 saturated carbocycles. The van der Waals surface area contributed by atoms with Crippen LogP contribution in [0, 0.1) is 0 Å². The number of nitrogens with two attached hydrogens (primary N) is 1. The molecule has 0 rings (SSSR count). The maximum absolute atomic E-state index is 8.78. The van der Waals surface area contributed by atoms with Gasteiger partial charge in [-0.1, -0.05) is 0 Å². The van der Waals surface area contributed by atoms with Crippen molar-refractivity contribution < 1.29 is 27.9 Å². The molecule has 0 spiro atoms. The summed E-state index contributed by atoms with van der Waals surface area (Å²) in [6.45, 7) is 0. The van der Waals surface area contributed by atoms with Crippen molar-refractivity contribution in [3.05, 3.63) is 0 Å². The van der Waals surface area contributed by atoms with Crippen LogP contribution in [0.2, 0.25) is 0 Å². The van der Waals surface area contributed by atoms with Gasteiger partial charge in [-0.15, -0.1) is 0 Å². The molecule has 0 fully saturated rings. The van der Waals surface area contributed by atoms with Crippen LogP contribution in [-0.4, -0.2) is 0 Å². The van der Waals surface area contributed by atoms with E-state index in [1.165, 1.54) is 0 Å². The van der Waals surface area contributed by atoms with Crippen molar-refractivity contribution in [2.45, 2.75) is 0 Å². The van der Waals surface area contributed by atoms with E-state index in [4.69, 9.17) is 8.42 Å². The van der Waals surface area contributed by atoms with Gasteiger partial charge in [-0.3, -0.25) is 0 Å². The van der Waals surface area contributed by atoms with Crippen LogP contribution in [0.4, 0.5) is 0 Å². The molecule has 0 saturated heterocycles. The maximum atomic E-state index is 8.78. The number of hydrogen-bond donors (Lipinski definition) is 1. The average Bonchev–Trinajstić information content (AvgIpc) is 0.811. The van der Waals surface area contributed by atoms with Gasteiger partial charge in [0.25, 0.3) is 0 Å². The molecule has 0 aliphatic carbocycles. The Morgan fingerprint density at radius 2 is 1.40 bits per heavy atom. The molecular weight excluding hydrogens is 143 g/mol. The largest absolute Gasteiger partial charge is 0.409 e. The molecule has 0 radical (unpaired) electrons. The van der Waals surface area contributed by atoms with Gasteiger partial charge in [0.15, 0.2) is 0 Å². The van der Waals surface area contributed by atoms with E-state index in [0.29, 0.717) is 0 Å². The molecule has 28 valence electrons. The van der Waals surface area contributed by atoms with Gasteiger partial charge in [-0.25, -0.2) is 0 Å². The minimum atomic E-state index is -2.36. The van der Waals surface area contributed by atoms with Crippen molar-refractivity contribution in [1.82, 2.24) is 0 Å². The second-order valence-electron chi connectivity index (χ2n) is 0.260. The summed E-state index contributed by atoms with van der Waals surface area (Å²) in [5.41, 5.74) is 0. The zero-order valence-electron chi connectivity index (χ0n) is 2.51. The molecule has 0 aliphatic rings. The topological polar surface area (TPSA) is 60.2 Å². The first kappa shape index (κ1) is 9.11. The monoisotopic (exact) mass is 144 g/mol. The third-order valence-corrected chi connectivity index (χ3v) is 0. The maximum Gasteiger partial charge on any atom is 0 e. The minimum Gasteiger partial charge on any atom is -0.409 e. The molecule has 0 heterocycles. The Labute approximate surface area is 44.4 Å². The molecule has 0 bridgehead atoms. The number of hydrogen-bond acceptors (Lipinski definition) is 3. The molecule has 0 aromatic heterocycles. The van der Waals surface area contributed by atoms with Crippen LogP contribution in [0.25, 0.3) is 0 Å². The Morgan fingerprint density at radius 3 is 1.40 bits per heavy atom. The van der Waals surface area contributed by atoms with Gasteiger partial charge in [-0.2, -0.15) is 0 Å². The minimum absolute atomic E-state index is 0. The van der Waals surface area contributed by atoms with E-state index < -0.39 is 10.9 Å². The fraction of sp³-hybridized carbons (Fsp3) is 0. The summed E-state index contributed by atoms with van der Waals surface area (Å²) in [4.78, 5) is 0. The molecule has 3 nitrogen and oxygen atoms in total. The van der Waals surface area contributed by atoms with Crippen molar-refractivity contribution in [2.75, 3.05) is 0 Å². The van der Waals surface area contributed by atoms with Crippen LogP contribution in [0.15, 0.2) is 0 Å². The molecular formula is H2NO2SZn-. The Kier molecular flexibility index (Phi) is 8.26. The fourth-order valence-electron chi connectivity index (χ4n) is 0. The van der Waals surface area contributed by atoms with Crippen molar-refractivity contribution in [3.63, 3.8) is 0 Å². The molecule has 0 unspecified atom stereocenters. The first-order chi connectivity index (χ1) is 1.73. The summed E-state index contributed by atoms with van der Waals surface area (Å²) < 4.78 is 17.6. The van der Waals surface area contributed by atoms with Crippen molar-refractivity contribution in [2.24, 2.45) is 5.14 Å². The Balaban J connectivity index is 0. The van der Waals surface area contributed by atoms with E-state index in [1.807, 2.05) is 0 Å². The molecule has 0 aliphatic heterocycles. The summed E-state index contributed by atoms with van der Waals surface area (Å²) in [6.07, 6.45) is 0. The molecule has 0 amide bonds. The van der Waals surface area contributed by atoms with Gasteiger partial charge in [0.1, 0.15) is 0 Å². The van der Waals surface area contributed by atoms with Gasteiger partial charge in [0.05, 0.1) is 0 Å².